The first-order valence-corrected chi connectivity index (χ1v) is 11.4. The second kappa shape index (κ2) is 8.84. The molecule has 1 fully saturated rings. The number of aromatic nitrogens is 2. The number of methoxy groups -OCH3 is 1. The number of Topliss-reactive ketones (excluding diaryl/α,β-unsaturated/α-hetero) is 1. The number of amides is 1. The maximum absolute atomic E-state index is 13.2. The SMILES string of the molecule is COC(=O)c1ccc(C2/C(=C(/O)c3ccc4c(c3)OCCO4)C(=O)C(=O)N2c2nnc(C)s2)cc1. The van der Waals surface area contributed by atoms with Gasteiger partial charge in [0.05, 0.1) is 24.3 Å². The van der Waals surface area contributed by atoms with Crippen molar-refractivity contribution in [3.8, 4) is 11.5 Å². The smallest absolute Gasteiger partial charge is 0.337 e. The molecule has 1 amide bonds. The second-order valence-electron chi connectivity index (χ2n) is 7.74. The van der Waals surface area contributed by atoms with Crippen LogP contribution in [0.15, 0.2) is 48.0 Å². The first kappa shape index (κ1) is 22.5. The van der Waals surface area contributed by atoms with E-state index in [1.54, 1.807) is 37.3 Å². The number of rotatable bonds is 4. The Morgan fingerprint density at radius 2 is 1.74 bits per heavy atom. The van der Waals surface area contributed by atoms with E-state index in [1.165, 1.54) is 24.1 Å². The minimum absolute atomic E-state index is 0.120. The summed E-state index contributed by atoms with van der Waals surface area (Å²) in [5, 5.41) is 20.1. The molecule has 1 N–H and O–H groups in total. The molecule has 3 heterocycles. The van der Waals surface area contributed by atoms with Gasteiger partial charge in [-0.2, -0.15) is 0 Å². The third-order valence-electron chi connectivity index (χ3n) is 5.63. The number of benzene rings is 2. The Morgan fingerprint density at radius 3 is 2.40 bits per heavy atom. The van der Waals surface area contributed by atoms with Crippen LogP contribution in [0.1, 0.15) is 32.5 Å². The molecular formula is C24H19N3O7S. The molecule has 35 heavy (non-hydrogen) atoms. The summed E-state index contributed by atoms with van der Waals surface area (Å²) in [5.41, 5.74) is 0.956. The molecule has 2 aliphatic rings. The fourth-order valence-corrected chi connectivity index (χ4v) is 4.71. The molecule has 2 aromatic carbocycles. The number of carbonyl (C=O) groups is 3. The van der Waals surface area contributed by atoms with E-state index in [0.29, 0.717) is 40.8 Å². The molecule has 0 spiro atoms. The van der Waals surface area contributed by atoms with Gasteiger partial charge in [-0.15, -0.1) is 10.2 Å². The van der Waals surface area contributed by atoms with Crippen LogP contribution in [0.25, 0.3) is 5.76 Å². The fraction of sp³-hybridized carbons (Fsp3) is 0.208. The van der Waals surface area contributed by atoms with E-state index in [2.05, 4.69) is 10.2 Å². The standard InChI is InChI=1S/C24H19N3O7S/c1-12-25-26-24(35-12)27-19(13-3-5-14(6-4-13)23(31)32-2)18(21(29)22(27)30)20(28)15-7-8-16-17(11-15)34-10-9-33-16/h3-8,11,19,28H,9-10H2,1-2H3/b20-18-. The molecule has 1 saturated heterocycles. The van der Waals surface area contributed by atoms with Crippen LogP contribution in [-0.2, 0) is 14.3 Å². The number of carbonyl (C=O) groups excluding carboxylic acids is 3. The number of ether oxygens (including phenoxy) is 3. The van der Waals surface area contributed by atoms with Crippen LogP contribution < -0.4 is 14.4 Å². The van der Waals surface area contributed by atoms with E-state index in [1.807, 2.05) is 0 Å². The van der Waals surface area contributed by atoms with E-state index >= 15 is 0 Å². The van der Waals surface area contributed by atoms with Gasteiger partial charge < -0.3 is 19.3 Å². The summed E-state index contributed by atoms with van der Waals surface area (Å²) in [6.45, 7) is 2.49. The quantitative estimate of drug-likeness (QED) is 0.252. The molecular weight excluding hydrogens is 474 g/mol. The molecule has 0 bridgehead atoms. The van der Waals surface area contributed by atoms with Crippen LogP contribution in [0, 0.1) is 6.92 Å². The lowest BCUT2D eigenvalue weighted by atomic mass is 9.94. The van der Waals surface area contributed by atoms with Gasteiger partial charge in [-0.1, -0.05) is 23.5 Å². The van der Waals surface area contributed by atoms with Crippen molar-refractivity contribution in [2.75, 3.05) is 25.2 Å². The number of anilines is 1. The molecule has 2 aliphatic heterocycles. The van der Waals surface area contributed by atoms with Crippen LogP contribution in [0.3, 0.4) is 0 Å². The average molecular weight is 493 g/mol. The number of ketones is 1. The number of fused-ring (bicyclic) bond motifs is 1. The first-order chi connectivity index (χ1) is 16.9. The van der Waals surface area contributed by atoms with Crippen LogP contribution in [0.5, 0.6) is 11.5 Å². The number of hydrogen-bond donors (Lipinski definition) is 1. The summed E-state index contributed by atoms with van der Waals surface area (Å²) in [5.74, 6) is -1.66. The Kier molecular flexibility index (Phi) is 5.69. The van der Waals surface area contributed by atoms with Gasteiger partial charge >= 0.3 is 11.9 Å². The Hall–Kier alpha value is -4.25. The number of aryl methyl sites for hydroxylation is 1. The van der Waals surface area contributed by atoms with Crippen LogP contribution in [0.4, 0.5) is 5.13 Å². The summed E-state index contributed by atoms with van der Waals surface area (Å²) in [4.78, 5) is 39.5. The highest BCUT2D eigenvalue weighted by atomic mass is 32.1. The lowest BCUT2D eigenvalue weighted by molar-refractivity contribution is -0.132. The fourth-order valence-electron chi connectivity index (χ4n) is 3.99. The highest BCUT2D eigenvalue weighted by molar-refractivity contribution is 7.15. The Labute approximate surface area is 203 Å². The molecule has 0 saturated carbocycles. The van der Waals surface area contributed by atoms with E-state index < -0.39 is 23.7 Å². The molecule has 178 valence electrons. The number of nitrogens with zero attached hydrogens (tertiary/aromatic N) is 3. The largest absolute Gasteiger partial charge is 0.507 e. The topological polar surface area (TPSA) is 128 Å². The van der Waals surface area contributed by atoms with Gasteiger partial charge in [0, 0.05) is 5.56 Å². The molecule has 1 aromatic heterocycles. The highest BCUT2D eigenvalue weighted by Gasteiger charge is 2.48. The first-order valence-electron chi connectivity index (χ1n) is 10.6. The Balaban J connectivity index is 1.66. The van der Waals surface area contributed by atoms with Crippen molar-refractivity contribution in [2.24, 2.45) is 0 Å². The van der Waals surface area contributed by atoms with Crippen molar-refractivity contribution in [1.29, 1.82) is 0 Å². The van der Waals surface area contributed by atoms with Crippen molar-refractivity contribution < 1.29 is 33.7 Å². The summed E-state index contributed by atoms with van der Waals surface area (Å²) in [7, 11) is 1.27. The van der Waals surface area contributed by atoms with Crippen molar-refractivity contribution in [3.05, 3.63) is 69.7 Å². The second-order valence-corrected chi connectivity index (χ2v) is 8.90. The van der Waals surface area contributed by atoms with Gasteiger partial charge in [-0.3, -0.25) is 14.5 Å². The predicted octanol–water partition coefficient (Wildman–Crippen LogP) is 3.03. The third-order valence-corrected chi connectivity index (χ3v) is 6.47. The zero-order chi connectivity index (χ0) is 24.7. The van der Waals surface area contributed by atoms with E-state index in [4.69, 9.17) is 14.2 Å². The summed E-state index contributed by atoms with van der Waals surface area (Å²) in [6, 6.07) is 10.0. The van der Waals surface area contributed by atoms with Gasteiger partial charge in [0.1, 0.15) is 24.0 Å². The normalized spacial score (nSPS) is 18.6. The van der Waals surface area contributed by atoms with E-state index in [9.17, 15) is 19.5 Å². The van der Waals surface area contributed by atoms with Crippen molar-refractivity contribution in [1.82, 2.24) is 10.2 Å². The van der Waals surface area contributed by atoms with Gasteiger partial charge in [0.25, 0.3) is 5.78 Å². The Bertz CT molecular complexity index is 1380. The van der Waals surface area contributed by atoms with Gasteiger partial charge in [-0.25, -0.2) is 4.79 Å². The van der Waals surface area contributed by atoms with Gasteiger partial charge in [0.2, 0.25) is 5.13 Å². The van der Waals surface area contributed by atoms with E-state index in [0.717, 1.165) is 11.3 Å². The maximum Gasteiger partial charge on any atom is 0.337 e. The van der Waals surface area contributed by atoms with Crippen LogP contribution >= 0.6 is 11.3 Å². The van der Waals surface area contributed by atoms with Crippen molar-refractivity contribution >= 4 is 39.9 Å². The predicted molar refractivity (Wildman–Crippen MR) is 125 cm³/mol. The number of esters is 1. The number of hydrogen-bond acceptors (Lipinski definition) is 10. The minimum atomic E-state index is -0.998. The lowest BCUT2D eigenvalue weighted by Gasteiger charge is -2.23. The summed E-state index contributed by atoms with van der Waals surface area (Å²) < 4.78 is 15.9. The number of aliphatic hydroxyl groups excluding tert-OH is 1. The summed E-state index contributed by atoms with van der Waals surface area (Å²) >= 11 is 1.14. The zero-order valence-corrected chi connectivity index (χ0v) is 19.5. The van der Waals surface area contributed by atoms with Gasteiger partial charge in [-0.05, 0) is 42.8 Å². The minimum Gasteiger partial charge on any atom is -0.507 e. The molecule has 10 nitrogen and oxygen atoms in total. The summed E-state index contributed by atoms with van der Waals surface area (Å²) in [6.07, 6.45) is 0. The van der Waals surface area contributed by atoms with Crippen molar-refractivity contribution in [3.63, 3.8) is 0 Å². The molecule has 1 unspecified atom stereocenters. The molecule has 0 aliphatic carbocycles. The number of aliphatic hydroxyl groups is 1. The zero-order valence-electron chi connectivity index (χ0n) is 18.7. The van der Waals surface area contributed by atoms with E-state index in [-0.39, 0.29) is 22.0 Å². The molecule has 1 atom stereocenters. The van der Waals surface area contributed by atoms with Crippen LogP contribution in [0.2, 0.25) is 0 Å². The molecule has 0 radical (unpaired) electrons. The lowest BCUT2D eigenvalue weighted by Crippen LogP contribution is -2.29. The monoisotopic (exact) mass is 493 g/mol. The molecule has 11 heteroatoms. The Morgan fingerprint density at radius 1 is 1.06 bits per heavy atom. The maximum atomic E-state index is 13.2. The van der Waals surface area contributed by atoms with Crippen molar-refractivity contribution in [2.45, 2.75) is 13.0 Å². The molecule has 3 aromatic rings. The molecule has 5 rings (SSSR count). The van der Waals surface area contributed by atoms with Gasteiger partial charge in [0.15, 0.2) is 11.5 Å². The highest BCUT2D eigenvalue weighted by Crippen LogP contribution is 2.43. The van der Waals surface area contributed by atoms with Crippen LogP contribution in [-0.4, -0.2) is 53.3 Å². The average Bonchev–Trinajstić information content (AvgIpc) is 3.43. The third kappa shape index (κ3) is 3.89.